The molecule has 0 saturated carbocycles. The Balaban J connectivity index is 2.56. The van der Waals surface area contributed by atoms with E-state index in [1.165, 1.54) is 22.7 Å². The molecule has 8 nitrogen and oxygen atoms in total. The van der Waals surface area contributed by atoms with Gasteiger partial charge in [0.2, 0.25) is 0 Å². The molecule has 1 aromatic rings. The molecule has 0 aliphatic carbocycles. The fourth-order valence-corrected chi connectivity index (χ4v) is 2.90. The number of nitrogens with one attached hydrogen (secondary N) is 1. The molecular formula is C13H21N2O6P. The van der Waals surface area contributed by atoms with Crippen molar-refractivity contribution in [3.63, 3.8) is 0 Å². The second kappa shape index (κ2) is 8.85. The van der Waals surface area contributed by atoms with Gasteiger partial charge in [0.1, 0.15) is 6.73 Å². The van der Waals surface area contributed by atoms with Crippen molar-refractivity contribution in [3.05, 3.63) is 44.5 Å². The summed E-state index contributed by atoms with van der Waals surface area (Å²) in [6.45, 7) is 5.67. The van der Waals surface area contributed by atoms with Crippen LogP contribution in [0.3, 0.4) is 0 Å². The predicted molar refractivity (Wildman–Crippen MR) is 82.0 cm³/mol. The summed E-state index contributed by atoms with van der Waals surface area (Å²) < 4.78 is 28.8. The lowest BCUT2D eigenvalue weighted by Gasteiger charge is -2.12. The molecule has 0 amide bonds. The summed E-state index contributed by atoms with van der Waals surface area (Å²) in [6.07, 6.45) is 2.92. The Kier molecular flexibility index (Phi) is 7.47. The van der Waals surface area contributed by atoms with E-state index in [2.05, 4.69) is 4.98 Å². The number of nitrogens with zero attached hydrogens (tertiary/aromatic N) is 1. The van der Waals surface area contributed by atoms with Gasteiger partial charge in [-0.25, -0.2) is 4.79 Å². The van der Waals surface area contributed by atoms with Gasteiger partial charge >= 0.3 is 13.3 Å². The standard InChI is InChI=1S/C13H21N2O6P/c1-4-20-22(18,21-5-2)8-6-7-19-10-15-9-11(3)12(16)14-13(15)17/h6,8-9H,4-5,7,10H2,1-3H3,(H,14,16,17). The Labute approximate surface area is 128 Å². The molecule has 0 aliphatic heterocycles. The van der Waals surface area contributed by atoms with Crippen LogP contribution >= 0.6 is 7.60 Å². The van der Waals surface area contributed by atoms with Crippen molar-refractivity contribution in [2.24, 2.45) is 0 Å². The van der Waals surface area contributed by atoms with Gasteiger partial charge < -0.3 is 13.8 Å². The highest BCUT2D eigenvalue weighted by molar-refractivity contribution is 7.57. The first-order valence-electron chi connectivity index (χ1n) is 6.86. The molecule has 0 fully saturated rings. The lowest BCUT2D eigenvalue weighted by Crippen LogP contribution is -2.31. The van der Waals surface area contributed by atoms with Crippen molar-refractivity contribution >= 4 is 7.60 Å². The van der Waals surface area contributed by atoms with Crippen molar-refractivity contribution in [2.75, 3.05) is 19.8 Å². The Bertz CT molecular complexity index is 653. The van der Waals surface area contributed by atoms with Crippen molar-refractivity contribution in [1.82, 2.24) is 9.55 Å². The number of aryl methyl sites for hydroxylation is 1. The van der Waals surface area contributed by atoms with Crippen molar-refractivity contribution in [3.8, 4) is 0 Å². The van der Waals surface area contributed by atoms with E-state index >= 15 is 0 Å². The summed E-state index contributed by atoms with van der Waals surface area (Å²) in [7, 11) is -3.23. The zero-order valence-electron chi connectivity index (χ0n) is 12.9. The Hall–Kier alpha value is -1.47. The van der Waals surface area contributed by atoms with Gasteiger partial charge in [0.25, 0.3) is 5.56 Å². The number of ether oxygens (including phenoxy) is 1. The topological polar surface area (TPSA) is 99.6 Å². The third-order valence-electron chi connectivity index (χ3n) is 2.54. The van der Waals surface area contributed by atoms with Crippen LogP contribution in [0.15, 0.2) is 27.7 Å². The summed E-state index contributed by atoms with van der Waals surface area (Å²) in [5.74, 6) is 1.33. The van der Waals surface area contributed by atoms with E-state index in [0.717, 1.165) is 0 Å². The molecule has 0 aromatic carbocycles. The summed E-state index contributed by atoms with van der Waals surface area (Å²) in [4.78, 5) is 24.9. The van der Waals surface area contributed by atoms with Gasteiger partial charge in [-0.05, 0) is 20.8 Å². The van der Waals surface area contributed by atoms with E-state index in [1.54, 1.807) is 20.8 Å². The second-order valence-electron chi connectivity index (χ2n) is 4.30. The zero-order valence-corrected chi connectivity index (χ0v) is 13.8. The molecule has 124 valence electrons. The molecule has 0 atom stereocenters. The van der Waals surface area contributed by atoms with Crippen LogP contribution in [0.1, 0.15) is 19.4 Å². The van der Waals surface area contributed by atoms with E-state index < -0.39 is 18.8 Å². The van der Waals surface area contributed by atoms with Crippen molar-refractivity contribution < 1.29 is 18.3 Å². The first-order chi connectivity index (χ1) is 10.4. The Morgan fingerprint density at radius 3 is 2.50 bits per heavy atom. The summed E-state index contributed by atoms with van der Waals surface area (Å²) in [6, 6.07) is 0. The molecule has 1 heterocycles. The molecule has 0 radical (unpaired) electrons. The minimum atomic E-state index is -3.23. The molecule has 0 saturated heterocycles. The van der Waals surface area contributed by atoms with E-state index in [4.69, 9.17) is 13.8 Å². The molecule has 0 spiro atoms. The number of H-pyrrole nitrogens is 1. The summed E-state index contributed by atoms with van der Waals surface area (Å²) in [5, 5.41) is 0. The largest absolute Gasteiger partial charge is 0.357 e. The third-order valence-corrected chi connectivity index (χ3v) is 4.35. The molecule has 22 heavy (non-hydrogen) atoms. The minimum absolute atomic E-state index is 0.0334. The first kappa shape index (κ1) is 18.6. The zero-order chi connectivity index (χ0) is 16.6. The highest BCUT2D eigenvalue weighted by Crippen LogP contribution is 2.49. The normalized spacial score (nSPS) is 12.1. The molecule has 1 rings (SSSR count). The fourth-order valence-electron chi connectivity index (χ4n) is 1.59. The van der Waals surface area contributed by atoms with Crippen LogP contribution in [0.4, 0.5) is 0 Å². The highest BCUT2D eigenvalue weighted by atomic mass is 31.2. The molecule has 9 heteroatoms. The van der Waals surface area contributed by atoms with Gasteiger partial charge in [-0.1, -0.05) is 6.08 Å². The highest BCUT2D eigenvalue weighted by Gasteiger charge is 2.18. The first-order valence-corrected chi connectivity index (χ1v) is 8.47. The molecule has 0 bridgehead atoms. The van der Waals surface area contributed by atoms with Gasteiger partial charge in [-0.3, -0.25) is 18.9 Å². The van der Waals surface area contributed by atoms with Crippen molar-refractivity contribution in [1.29, 1.82) is 0 Å². The smallest absolute Gasteiger partial charge is 0.353 e. The lowest BCUT2D eigenvalue weighted by molar-refractivity contribution is 0.0961. The molecule has 1 N–H and O–H groups in total. The van der Waals surface area contributed by atoms with Crippen LogP contribution in [0.5, 0.6) is 0 Å². The number of aromatic nitrogens is 2. The SMILES string of the molecule is CCOP(=O)(C=CCOCn1cc(C)c(=O)[nH]c1=O)OCC. The molecular weight excluding hydrogens is 311 g/mol. The summed E-state index contributed by atoms with van der Waals surface area (Å²) >= 11 is 0. The second-order valence-corrected chi connectivity index (χ2v) is 6.20. The molecule has 0 unspecified atom stereocenters. The quantitative estimate of drug-likeness (QED) is 0.545. The number of aromatic amines is 1. The number of hydrogen-bond acceptors (Lipinski definition) is 6. The van der Waals surface area contributed by atoms with Crippen LogP contribution in [-0.2, 0) is 25.1 Å². The van der Waals surface area contributed by atoms with Crippen LogP contribution in [0.25, 0.3) is 0 Å². The van der Waals surface area contributed by atoms with Crippen molar-refractivity contribution in [2.45, 2.75) is 27.5 Å². The lowest BCUT2D eigenvalue weighted by atomic mass is 10.4. The molecule has 0 aliphatic rings. The average Bonchev–Trinajstić information content (AvgIpc) is 2.44. The van der Waals surface area contributed by atoms with Gasteiger partial charge in [-0.15, -0.1) is 0 Å². The number of hydrogen-bond donors (Lipinski definition) is 1. The third kappa shape index (κ3) is 5.73. The van der Waals surface area contributed by atoms with Crippen LogP contribution < -0.4 is 11.2 Å². The van der Waals surface area contributed by atoms with Crippen LogP contribution in [0, 0.1) is 6.92 Å². The fraction of sp³-hybridized carbons (Fsp3) is 0.538. The maximum absolute atomic E-state index is 12.1. The van der Waals surface area contributed by atoms with E-state index in [-0.39, 0.29) is 26.6 Å². The van der Waals surface area contributed by atoms with Gasteiger partial charge in [0, 0.05) is 17.6 Å². The maximum Gasteiger partial charge on any atom is 0.353 e. The van der Waals surface area contributed by atoms with Gasteiger partial charge in [-0.2, -0.15) is 0 Å². The maximum atomic E-state index is 12.1. The van der Waals surface area contributed by atoms with E-state index in [9.17, 15) is 14.2 Å². The van der Waals surface area contributed by atoms with Gasteiger partial charge in [0.05, 0.1) is 19.8 Å². The van der Waals surface area contributed by atoms with Crippen LogP contribution in [-0.4, -0.2) is 29.4 Å². The predicted octanol–water partition coefficient (Wildman–Crippen LogP) is 1.60. The minimum Gasteiger partial charge on any atom is -0.357 e. The van der Waals surface area contributed by atoms with Gasteiger partial charge in [0.15, 0.2) is 0 Å². The Morgan fingerprint density at radius 2 is 1.91 bits per heavy atom. The summed E-state index contributed by atoms with van der Waals surface area (Å²) in [5.41, 5.74) is -0.555. The Morgan fingerprint density at radius 1 is 1.27 bits per heavy atom. The number of rotatable bonds is 9. The molecule has 1 aromatic heterocycles. The van der Waals surface area contributed by atoms with E-state index in [1.807, 2.05) is 0 Å². The van der Waals surface area contributed by atoms with E-state index in [0.29, 0.717) is 5.56 Å². The average molecular weight is 332 g/mol. The monoisotopic (exact) mass is 332 g/mol. The van der Waals surface area contributed by atoms with Crippen LogP contribution in [0.2, 0.25) is 0 Å².